The van der Waals surface area contributed by atoms with Crippen molar-refractivity contribution in [2.45, 2.75) is 12.8 Å². The summed E-state index contributed by atoms with van der Waals surface area (Å²) in [7, 11) is 0. The number of rotatable bonds is 3. The van der Waals surface area contributed by atoms with Crippen LogP contribution in [0.1, 0.15) is 23.4 Å². The van der Waals surface area contributed by atoms with Gasteiger partial charge in [-0.15, -0.1) is 0 Å². The third kappa shape index (κ3) is 3.13. The summed E-state index contributed by atoms with van der Waals surface area (Å²) < 4.78 is 5.07. The lowest BCUT2D eigenvalue weighted by Gasteiger charge is -2.30. The fourth-order valence-corrected chi connectivity index (χ4v) is 2.17. The van der Waals surface area contributed by atoms with Gasteiger partial charge in [-0.25, -0.2) is 0 Å². The van der Waals surface area contributed by atoms with Crippen LogP contribution in [0.25, 0.3) is 0 Å². The van der Waals surface area contributed by atoms with Gasteiger partial charge in [0.05, 0.1) is 12.3 Å². The average molecular weight is 261 g/mol. The molecular formula is C13H15N3O3. The quantitative estimate of drug-likeness (QED) is 0.814. The number of carbonyl (C=O) groups excluding carboxylic acids is 2. The predicted octanol–water partition coefficient (Wildman–Crippen LogP) is 0.772. The number of hydrogen-bond donors (Lipinski definition) is 1. The molecule has 2 rings (SSSR count). The monoisotopic (exact) mass is 261 g/mol. The van der Waals surface area contributed by atoms with Crippen LogP contribution in [-0.2, 0) is 4.79 Å². The van der Waals surface area contributed by atoms with Gasteiger partial charge in [-0.1, -0.05) is 0 Å². The molecule has 1 aromatic heterocycles. The molecule has 1 aliphatic heterocycles. The van der Waals surface area contributed by atoms with Crippen molar-refractivity contribution in [1.29, 1.82) is 5.26 Å². The number of nitrogens with zero attached hydrogens (tertiary/aromatic N) is 2. The van der Waals surface area contributed by atoms with Gasteiger partial charge < -0.3 is 14.6 Å². The van der Waals surface area contributed by atoms with E-state index in [-0.39, 0.29) is 24.3 Å². The molecule has 0 aliphatic carbocycles. The standard InChI is InChI=1S/C13H15N3O3/c14-5-6-15-12(17)10-3-7-16(8-4-10)13(18)11-2-1-9-19-11/h1-2,9-10H,3-4,6-8H2,(H,15,17). The summed E-state index contributed by atoms with van der Waals surface area (Å²) in [6, 6.07) is 5.18. The Labute approximate surface area is 111 Å². The molecule has 1 aliphatic rings. The lowest BCUT2D eigenvalue weighted by Crippen LogP contribution is -2.43. The minimum absolute atomic E-state index is 0.0321. The third-order valence-electron chi connectivity index (χ3n) is 3.23. The van der Waals surface area contributed by atoms with E-state index in [9.17, 15) is 9.59 Å². The number of carbonyl (C=O) groups is 2. The van der Waals surface area contributed by atoms with E-state index < -0.39 is 0 Å². The predicted molar refractivity (Wildman–Crippen MR) is 66.0 cm³/mol. The SMILES string of the molecule is N#CCNC(=O)C1CCN(C(=O)c2ccco2)CC1. The van der Waals surface area contributed by atoms with Crippen LogP contribution < -0.4 is 5.32 Å². The number of nitrogens with one attached hydrogen (secondary N) is 1. The van der Waals surface area contributed by atoms with Crippen molar-refractivity contribution in [3.8, 4) is 6.07 Å². The number of nitriles is 1. The summed E-state index contributed by atoms with van der Waals surface area (Å²) in [6.07, 6.45) is 2.70. The van der Waals surface area contributed by atoms with Gasteiger partial charge in [-0.2, -0.15) is 5.26 Å². The van der Waals surface area contributed by atoms with Gasteiger partial charge >= 0.3 is 0 Å². The molecule has 0 saturated carbocycles. The Morgan fingerprint density at radius 3 is 2.79 bits per heavy atom. The van der Waals surface area contributed by atoms with Crippen LogP contribution in [-0.4, -0.2) is 36.3 Å². The summed E-state index contributed by atoms with van der Waals surface area (Å²) in [4.78, 5) is 25.4. The van der Waals surface area contributed by atoms with E-state index in [4.69, 9.17) is 9.68 Å². The first kappa shape index (κ1) is 13.1. The molecule has 0 spiro atoms. The fraction of sp³-hybridized carbons (Fsp3) is 0.462. The molecule has 6 heteroatoms. The highest BCUT2D eigenvalue weighted by molar-refractivity contribution is 5.91. The Hall–Kier alpha value is -2.29. The van der Waals surface area contributed by atoms with Crippen molar-refractivity contribution in [3.63, 3.8) is 0 Å². The van der Waals surface area contributed by atoms with Crippen molar-refractivity contribution < 1.29 is 14.0 Å². The first-order valence-electron chi connectivity index (χ1n) is 6.20. The highest BCUT2D eigenvalue weighted by Crippen LogP contribution is 2.19. The number of amides is 2. The maximum absolute atomic E-state index is 12.0. The summed E-state index contributed by atoms with van der Waals surface area (Å²) in [5.41, 5.74) is 0. The zero-order valence-electron chi connectivity index (χ0n) is 10.5. The topological polar surface area (TPSA) is 86.3 Å². The molecule has 0 bridgehead atoms. The summed E-state index contributed by atoms with van der Waals surface area (Å²) in [5.74, 6) is -0.0334. The Morgan fingerprint density at radius 2 is 2.21 bits per heavy atom. The van der Waals surface area contributed by atoms with E-state index in [0.29, 0.717) is 31.7 Å². The van der Waals surface area contributed by atoms with Crippen molar-refractivity contribution >= 4 is 11.8 Å². The molecule has 1 fully saturated rings. The Kier molecular flexibility index (Phi) is 4.18. The fourth-order valence-electron chi connectivity index (χ4n) is 2.17. The Morgan fingerprint density at radius 1 is 1.47 bits per heavy atom. The molecule has 19 heavy (non-hydrogen) atoms. The smallest absolute Gasteiger partial charge is 0.289 e. The van der Waals surface area contributed by atoms with Crippen LogP contribution >= 0.6 is 0 Å². The van der Waals surface area contributed by atoms with E-state index in [0.717, 1.165) is 0 Å². The van der Waals surface area contributed by atoms with Crippen LogP contribution in [0.15, 0.2) is 22.8 Å². The minimum atomic E-state index is -0.138. The van der Waals surface area contributed by atoms with E-state index in [1.54, 1.807) is 17.0 Å². The van der Waals surface area contributed by atoms with Crippen molar-refractivity contribution in [1.82, 2.24) is 10.2 Å². The van der Waals surface area contributed by atoms with E-state index >= 15 is 0 Å². The molecule has 1 aromatic rings. The number of furan rings is 1. The minimum Gasteiger partial charge on any atom is -0.459 e. The molecule has 2 amide bonds. The number of likely N-dealkylation sites (tertiary alicyclic amines) is 1. The number of hydrogen-bond acceptors (Lipinski definition) is 4. The van der Waals surface area contributed by atoms with Gasteiger partial charge in [0.2, 0.25) is 5.91 Å². The van der Waals surface area contributed by atoms with E-state index in [2.05, 4.69) is 5.32 Å². The van der Waals surface area contributed by atoms with E-state index in [1.807, 2.05) is 6.07 Å². The van der Waals surface area contributed by atoms with Gasteiger partial charge in [0.25, 0.3) is 5.91 Å². The third-order valence-corrected chi connectivity index (χ3v) is 3.23. The van der Waals surface area contributed by atoms with Crippen LogP contribution in [0.4, 0.5) is 0 Å². The van der Waals surface area contributed by atoms with Gasteiger partial charge in [-0.05, 0) is 25.0 Å². The molecule has 1 N–H and O–H groups in total. The molecular weight excluding hydrogens is 246 g/mol. The molecule has 0 unspecified atom stereocenters. The molecule has 0 radical (unpaired) electrons. The molecule has 2 heterocycles. The zero-order chi connectivity index (χ0) is 13.7. The second-order valence-electron chi connectivity index (χ2n) is 4.42. The summed E-state index contributed by atoms with van der Waals surface area (Å²) in [5, 5.41) is 11.0. The highest BCUT2D eigenvalue weighted by atomic mass is 16.3. The first-order valence-corrected chi connectivity index (χ1v) is 6.20. The van der Waals surface area contributed by atoms with Crippen LogP contribution in [0.3, 0.4) is 0 Å². The Bertz CT molecular complexity index is 482. The van der Waals surface area contributed by atoms with Gasteiger partial charge in [0.15, 0.2) is 5.76 Å². The molecule has 1 saturated heterocycles. The molecule has 6 nitrogen and oxygen atoms in total. The second-order valence-corrected chi connectivity index (χ2v) is 4.42. The Balaban J connectivity index is 1.84. The van der Waals surface area contributed by atoms with Gasteiger partial charge in [0.1, 0.15) is 6.54 Å². The van der Waals surface area contributed by atoms with Crippen LogP contribution in [0, 0.1) is 17.2 Å². The summed E-state index contributed by atoms with van der Waals surface area (Å²) in [6.45, 7) is 1.10. The maximum Gasteiger partial charge on any atom is 0.289 e. The second kappa shape index (κ2) is 6.05. The normalized spacial score (nSPS) is 15.8. The first-order chi connectivity index (χ1) is 9.22. The van der Waals surface area contributed by atoms with E-state index in [1.165, 1.54) is 6.26 Å². The van der Waals surface area contributed by atoms with Crippen molar-refractivity contribution in [3.05, 3.63) is 24.2 Å². The molecule has 0 atom stereocenters. The lowest BCUT2D eigenvalue weighted by atomic mass is 9.96. The highest BCUT2D eigenvalue weighted by Gasteiger charge is 2.28. The zero-order valence-corrected chi connectivity index (χ0v) is 10.5. The lowest BCUT2D eigenvalue weighted by molar-refractivity contribution is -0.126. The van der Waals surface area contributed by atoms with Crippen LogP contribution in [0.5, 0.6) is 0 Å². The largest absolute Gasteiger partial charge is 0.459 e. The van der Waals surface area contributed by atoms with Gasteiger partial charge in [-0.3, -0.25) is 9.59 Å². The molecule has 100 valence electrons. The number of piperidine rings is 1. The van der Waals surface area contributed by atoms with Crippen molar-refractivity contribution in [2.24, 2.45) is 5.92 Å². The molecule has 0 aromatic carbocycles. The van der Waals surface area contributed by atoms with Crippen molar-refractivity contribution in [2.75, 3.05) is 19.6 Å². The average Bonchev–Trinajstić information content (AvgIpc) is 2.98. The summed E-state index contributed by atoms with van der Waals surface area (Å²) >= 11 is 0. The van der Waals surface area contributed by atoms with Crippen LogP contribution in [0.2, 0.25) is 0 Å². The maximum atomic E-state index is 12.0. The van der Waals surface area contributed by atoms with Gasteiger partial charge in [0, 0.05) is 19.0 Å².